The van der Waals surface area contributed by atoms with Gasteiger partial charge in [-0.2, -0.15) is 0 Å². The summed E-state index contributed by atoms with van der Waals surface area (Å²) >= 11 is 1.75. The minimum atomic E-state index is 1.05. The van der Waals surface area contributed by atoms with Gasteiger partial charge in [0.2, 0.25) is 0 Å². The molecule has 1 saturated heterocycles. The van der Waals surface area contributed by atoms with Gasteiger partial charge < -0.3 is 10.2 Å². The number of hydrogen-bond donors (Lipinski definition) is 1. The summed E-state index contributed by atoms with van der Waals surface area (Å²) in [5.41, 5.74) is 4.96. The van der Waals surface area contributed by atoms with Gasteiger partial charge in [-0.3, -0.25) is 0 Å². The van der Waals surface area contributed by atoms with E-state index in [0.29, 0.717) is 0 Å². The Balaban J connectivity index is 1.89. The topological polar surface area (TPSA) is 28.2 Å². The maximum absolute atomic E-state index is 4.82. The van der Waals surface area contributed by atoms with E-state index in [1.54, 1.807) is 11.3 Å². The molecule has 2 heterocycles. The lowest BCUT2D eigenvalue weighted by Gasteiger charge is -2.26. The van der Waals surface area contributed by atoms with Gasteiger partial charge in [-0.1, -0.05) is 17.7 Å². The number of nitrogens with one attached hydrogen (secondary N) is 1. The fourth-order valence-electron chi connectivity index (χ4n) is 2.40. The molecule has 3 rings (SSSR count). The van der Waals surface area contributed by atoms with Crippen molar-refractivity contribution in [1.82, 2.24) is 10.3 Å². The molecule has 1 aromatic heterocycles. The summed E-state index contributed by atoms with van der Waals surface area (Å²) in [6, 6.07) is 6.56. The van der Waals surface area contributed by atoms with E-state index < -0.39 is 0 Å². The molecular weight excluding hydrogens is 254 g/mol. The highest BCUT2D eigenvalue weighted by molar-refractivity contribution is 7.14. The molecule has 1 N–H and O–H groups in total. The summed E-state index contributed by atoms with van der Waals surface area (Å²) in [5, 5.41) is 6.70. The molecule has 0 amide bonds. The van der Waals surface area contributed by atoms with Crippen molar-refractivity contribution < 1.29 is 0 Å². The Morgan fingerprint density at radius 2 is 2.00 bits per heavy atom. The van der Waals surface area contributed by atoms with Crippen molar-refractivity contribution in [2.24, 2.45) is 0 Å². The van der Waals surface area contributed by atoms with Crippen molar-refractivity contribution in [3.8, 4) is 11.3 Å². The smallest absolute Gasteiger partial charge is 0.185 e. The van der Waals surface area contributed by atoms with Gasteiger partial charge in [0, 0.05) is 37.1 Å². The van der Waals surface area contributed by atoms with Crippen LogP contribution in [0, 0.1) is 13.8 Å². The predicted octanol–water partition coefficient (Wildman–Crippen LogP) is 2.84. The molecule has 0 atom stereocenters. The van der Waals surface area contributed by atoms with E-state index >= 15 is 0 Å². The molecule has 0 radical (unpaired) electrons. The van der Waals surface area contributed by atoms with Gasteiger partial charge in [-0.05, 0) is 25.5 Å². The van der Waals surface area contributed by atoms with Gasteiger partial charge in [0.1, 0.15) is 0 Å². The van der Waals surface area contributed by atoms with E-state index in [0.717, 1.165) is 37.0 Å². The Kier molecular flexibility index (Phi) is 3.53. The van der Waals surface area contributed by atoms with E-state index in [1.165, 1.54) is 16.7 Å². The Hall–Kier alpha value is -1.39. The normalized spacial score (nSPS) is 15.8. The number of rotatable bonds is 2. The molecule has 3 nitrogen and oxygen atoms in total. The van der Waals surface area contributed by atoms with E-state index in [2.05, 4.69) is 47.6 Å². The number of aromatic nitrogens is 1. The van der Waals surface area contributed by atoms with Crippen LogP contribution >= 0.6 is 11.3 Å². The molecule has 1 aliphatic rings. The number of hydrogen-bond acceptors (Lipinski definition) is 4. The Labute approximate surface area is 118 Å². The third-order valence-corrected chi connectivity index (χ3v) is 4.45. The van der Waals surface area contributed by atoms with Crippen molar-refractivity contribution in [2.45, 2.75) is 13.8 Å². The van der Waals surface area contributed by atoms with Crippen LogP contribution in [0.2, 0.25) is 0 Å². The molecular formula is C15H19N3S. The number of piperazine rings is 1. The first-order chi connectivity index (χ1) is 9.24. The second-order valence-corrected chi connectivity index (χ2v) is 5.91. The summed E-state index contributed by atoms with van der Waals surface area (Å²) in [4.78, 5) is 7.19. The minimum Gasteiger partial charge on any atom is -0.346 e. The van der Waals surface area contributed by atoms with Crippen LogP contribution in [-0.2, 0) is 0 Å². The molecule has 0 spiro atoms. The lowest BCUT2D eigenvalue weighted by Crippen LogP contribution is -2.43. The summed E-state index contributed by atoms with van der Waals surface area (Å²) in [7, 11) is 0. The first kappa shape index (κ1) is 12.6. The van der Waals surface area contributed by atoms with Crippen molar-refractivity contribution in [3.05, 3.63) is 34.7 Å². The number of benzene rings is 1. The molecule has 1 aliphatic heterocycles. The van der Waals surface area contributed by atoms with Crippen molar-refractivity contribution in [1.29, 1.82) is 0 Å². The number of thiazole rings is 1. The lowest BCUT2D eigenvalue weighted by molar-refractivity contribution is 0.588. The molecule has 19 heavy (non-hydrogen) atoms. The first-order valence-electron chi connectivity index (χ1n) is 6.73. The van der Waals surface area contributed by atoms with Crippen LogP contribution in [0.4, 0.5) is 5.13 Å². The van der Waals surface area contributed by atoms with Crippen LogP contribution in [0.1, 0.15) is 11.1 Å². The molecule has 100 valence electrons. The van der Waals surface area contributed by atoms with Gasteiger partial charge in [0.15, 0.2) is 5.13 Å². The molecule has 1 aromatic carbocycles. The largest absolute Gasteiger partial charge is 0.346 e. The third kappa shape index (κ3) is 2.65. The molecule has 0 aliphatic carbocycles. The van der Waals surface area contributed by atoms with Gasteiger partial charge in [0.25, 0.3) is 0 Å². The predicted molar refractivity (Wildman–Crippen MR) is 82.1 cm³/mol. The second-order valence-electron chi connectivity index (χ2n) is 5.07. The SMILES string of the molecule is Cc1ccc(C)c(-c2csc(N3CCNCC3)n2)c1. The van der Waals surface area contributed by atoms with E-state index in [-0.39, 0.29) is 0 Å². The summed E-state index contributed by atoms with van der Waals surface area (Å²) in [6.45, 7) is 8.50. The fourth-order valence-corrected chi connectivity index (χ4v) is 3.28. The van der Waals surface area contributed by atoms with Crippen LogP contribution < -0.4 is 10.2 Å². The van der Waals surface area contributed by atoms with Crippen LogP contribution in [-0.4, -0.2) is 31.2 Å². The second kappa shape index (κ2) is 5.31. The highest BCUT2D eigenvalue weighted by Crippen LogP contribution is 2.30. The van der Waals surface area contributed by atoms with Crippen LogP contribution in [0.5, 0.6) is 0 Å². The summed E-state index contributed by atoms with van der Waals surface area (Å²) in [6.07, 6.45) is 0. The fraction of sp³-hybridized carbons (Fsp3) is 0.400. The van der Waals surface area contributed by atoms with E-state index in [4.69, 9.17) is 4.98 Å². The number of nitrogens with zero attached hydrogens (tertiary/aromatic N) is 2. The number of anilines is 1. The highest BCUT2D eigenvalue weighted by atomic mass is 32.1. The third-order valence-electron chi connectivity index (χ3n) is 3.55. The van der Waals surface area contributed by atoms with Crippen molar-refractivity contribution >= 4 is 16.5 Å². The van der Waals surface area contributed by atoms with Gasteiger partial charge in [0.05, 0.1) is 5.69 Å². The zero-order valence-electron chi connectivity index (χ0n) is 11.4. The Bertz CT molecular complexity index is 571. The Morgan fingerprint density at radius 1 is 1.21 bits per heavy atom. The van der Waals surface area contributed by atoms with Crippen molar-refractivity contribution in [3.63, 3.8) is 0 Å². The summed E-state index contributed by atoms with van der Waals surface area (Å²) < 4.78 is 0. The Morgan fingerprint density at radius 3 is 2.79 bits per heavy atom. The minimum absolute atomic E-state index is 1.05. The average Bonchev–Trinajstić information content (AvgIpc) is 2.92. The molecule has 0 saturated carbocycles. The van der Waals surface area contributed by atoms with Crippen LogP contribution in [0.25, 0.3) is 11.3 Å². The number of aryl methyl sites for hydroxylation is 2. The van der Waals surface area contributed by atoms with Gasteiger partial charge in [-0.15, -0.1) is 11.3 Å². The molecule has 2 aromatic rings. The zero-order chi connectivity index (χ0) is 13.2. The standard InChI is InChI=1S/C15H19N3S/c1-11-3-4-12(2)13(9-11)14-10-19-15(17-14)18-7-5-16-6-8-18/h3-4,9-10,16H,5-8H2,1-2H3. The molecule has 1 fully saturated rings. The molecule has 0 unspecified atom stereocenters. The quantitative estimate of drug-likeness (QED) is 0.912. The van der Waals surface area contributed by atoms with Crippen LogP contribution in [0.15, 0.2) is 23.6 Å². The maximum Gasteiger partial charge on any atom is 0.185 e. The maximum atomic E-state index is 4.82. The zero-order valence-corrected chi connectivity index (χ0v) is 12.3. The summed E-state index contributed by atoms with van der Waals surface area (Å²) in [5.74, 6) is 0. The van der Waals surface area contributed by atoms with Crippen LogP contribution in [0.3, 0.4) is 0 Å². The van der Waals surface area contributed by atoms with Gasteiger partial charge >= 0.3 is 0 Å². The van der Waals surface area contributed by atoms with Gasteiger partial charge in [-0.25, -0.2) is 4.98 Å². The lowest BCUT2D eigenvalue weighted by atomic mass is 10.0. The monoisotopic (exact) mass is 273 g/mol. The van der Waals surface area contributed by atoms with E-state index in [1.807, 2.05) is 0 Å². The average molecular weight is 273 g/mol. The van der Waals surface area contributed by atoms with Crippen molar-refractivity contribution in [2.75, 3.05) is 31.1 Å². The molecule has 0 bridgehead atoms. The first-order valence-corrected chi connectivity index (χ1v) is 7.61. The molecule has 4 heteroatoms. The van der Waals surface area contributed by atoms with E-state index in [9.17, 15) is 0 Å². The highest BCUT2D eigenvalue weighted by Gasteiger charge is 2.15.